The van der Waals surface area contributed by atoms with Gasteiger partial charge in [0.25, 0.3) is 5.91 Å². The topological polar surface area (TPSA) is 46.6 Å². The molecule has 0 saturated heterocycles. The lowest BCUT2D eigenvalue weighted by atomic mass is 10.0. The number of hydrogen-bond acceptors (Lipinski definition) is 3. The van der Waals surface area contributed by atoms with Crippen molar-refractivity contribution in [1.82, 2.24) is 0 Å². The zero-order valence-electron chi connectivity index (χ0n) is 14.8. The first-order chi connectivity index (χ1) is 12.6. The summed E-state index contributed by atoms with van der Waals surface area (Å²) >= 11 is 12.0. The van der Waals surface area contributed by atoms with Crippen molar-refractivity contribution in [2.24, 2.45) is 0 Å². The Morgan fingerprint density at radius 3 is 2.41 bits per heavy atom. The number of hydrogen-bond donors (Lipinski definition) is 0. The van der Waals surface area contributed by atoms with Crippen molar-refractivity contribution >= 4 is 52.5 Å². The molecule has 0 fully saturated rings. The second kappa shape index (κ2) is 6.98. The Labute approximate surface area is 166 Å². The number of carbonyl (C=O) groups is 2. The monoisotopic (exact) mass is 407 g/mol. The molecule has 0 unspecified atom stereocenters. The van der Waals surface area contributed by atoms with Crippen LogP contribution in [0.1, 0.15) is 31.9 Å². The molecule has 0 atom stereocenters. The Morgan fingerprint density at radius 2 is 1.74 bits per heavy atom. The smallest absolute Gasteiger partial charge is 0.422 e. The summed E-state index contributed by atoms with van der Waals surface area (Å²) in [6, 6.07) is 8.72. The lowest BCUT2D eigenvalue weighted by Gasteiger charge is -2.23. The maximum absolute atomic E-state index is 14.1. The predicted molar refractivity (Wildman–Crippen MR) is 104 cm³/mol. The molecule has 0 aromatic heterocycles. The molecule has 3 rings (SSSR count). The molecule has 4 nitrogen and oxygen atoms in total. The van der Waals surface area contributed by atoms with Crippen LogP contribution in [0, 0.1) is 5.82 Å². The van der Waals surface area contributed by atoms with Crippen molar-refractivity contribution in [2.75, 3.05) is 4.90 Å². The molecular formula is C20H16Cl2FNO3. The third-order valence-electron chi connectivity index (χ3n) is 3.76. The molecule has 0 bridgehead atoms. The number of halogens is 3. The van der Waals surface area contributed by atoms with Gasteiger partial charge in [-0.25, -0.2) is 14.1 Å². The second-order valence-electron chi connectivity index (χ2n) is 7.01. The highest BCUT2D eigenvalue weighted by molar-refractivity contribution is 6.42. The number of rotatable bonds is 1. The van der Waals surface area contributed by atoms with E-state index in [9.17, 15) is 14.0 Å². The van der Waals surface area contributed by atoms with Crippen LogP contribution in [0.25, 0.3) is 11.6 Å². The third kappa shape index (κ3) is 3.99. The molecule has 0 aliphatic carbocycles. The van der Waals surface area contributed by atoms with Crippen LogP contribution in [0.2, 0.25) is 10.0 Å². The SMILES string of the molecule is CC(C)(C)OC(=O)N1C(=O)C(=Cc2cc(Cl)ccc2F)c2ccc(Cl)cc21. The fourth-order valence-corrected chi connectivity index (χ4v) is 3.02. The van der Waals surface area contributed by atoms with Gasteiger partial charge in [-0.1, -0.05) is 29.3 Å². The molecule has 0 spiro atoms. The van der Waals surface area contributed by atoms with Crippen molar-refractivity contribution in [3.63, 3.8) is 0 Å². The van der Waals surface area contributed by atoms with E-state index < -0.39 is 23.4 Å². The van der Waals surface area contributed by atoms with Gasteiger partial charge in [0.1, 0.15) is 11.4 Å². The van der Waals surface area contributed by atoms with Gasteiger partial charge in [-0.3, -0.25) is 4.79 Å². The summed E-state index contributed by atoms with van der Waals surface area (Å²) in [5.41, 5.74) is 0.235. The second-order valence-corrected chi connectivity index (χ2v) is 7.88. The molecule has 0 saturated carbocycles. The predicted octanol–water partition coefficient (Wildman–Crippen LogP) is 5.95. The number of amides is 2. The zero-order chi connectivity index (χ0) is 19.9. The van der Waals surface area contributed by atoms with Gasteiger partial charge in [-0.15, -0.1) is 0 Å². The minimum Gasteiger partial charge on any atom is -0.443 e. The molecule has 27 heavy (non-hydrogen) atoms. The van der Waals surface area contributed by atoms with Crippen LogP contribution >= 0.6 is 23.2 Å². The van der Waals surface area contributed by atoms with Crippen LogP contribution in [0.4, 0.5) is 14.9 Å². The maximum Gasteiger partial charge on any atom is 0.422 e. The van der Waals surface area contributed by atoms with Crippen molar-refractivity contribution in [3.05, 3.63) is 63.4 Å². The fourth-order valence-electron chi connectivity index (χ4n) is 2.67. The van der Waals surface area contributed by atoms with Crippen LogP contribution in [0.15, 0.2) is 36.4 Å². The standard InChI is InChI=1S/C20H16Cl2FNO3/c1-20(2,3)27-19(26)24-17-10-13(22)4-6-14(17)15(18(24)25)9-11-8-12(21)5-7-16(11)23/h4-10H,1-3H3. The largest absolute Gasteiger partial charge is 0.443 e. The first-order valence-corrected chi connectivity index (χ1v) is 8.86. The van der Waals surface area contributed by atoms with Crippen molar-refractivity contribution in [1.29, 1.82) is 0 Å². The van der Waals surface area contributed by atoms with E-state index in [0.29, 0.717) is 15.6 Å². The van der Waals surface area contributed by atoms with Crippen LogP contribution in [0.3, 0.4) is 0 Å². The number of ether oxygens (including phenoxy) is 1. The van der Waals surface area contributed by atoms with Crippen LogP contribution in [-0.2, 0) is 9.53 Å². The number of carbonyl (C=O) groups excluding carboxylic acids is 2. The normalized spacial score (nSPS) is 15.3. The van der Waals surface area contributed by atoms with E-state index in [0.717, 1.165) is 4.90 Å². The van der Waals surface area contributed by atoms with Gasteiger partial charge in [0.2, 0.25) is 0 Å². The van der Waals surface area contributed by atoms with Gasteiger partial charge in [-0.05, 0) is 57.2 Å². The lowest BCUT2D eigenvalue weighted by molar-refractivity contribution is -0.112. The van der Waals surface area contributed by atoms with E-state index in [2.05, 4.69) is 0 Å². The average Bonchev–Trinajstić information content (AvgIpc) is 2.80. The van der Waals surface area contributed by atoms with Gasteiger partial charge in [0, 0.05) is 21.2 Å². The average molecular weight is 408 g/mol. The summed E-state index contributed by atoms with van der Waals surface area (Å²) in [6.45, 7) is 5.09. The van der Waals surface area contributed by atoms with Gasteiger partial charge < -0.3 is 4.74 Å². The molecule has 2 aromatic rings. The molecule has 2 aromatic carbocycles. The van der Waals surface area contributed by atoms with Gasteiger partial charge in [-0.2, -0.15) is 0 Å². The highest BCUT2D eigenvalue weighted by atomic mass is 35.5. The maximum atomic E-state index is 14.1. The van der Waals surface area contributed by atoms with Crippen LogP contribution < -0.4 is 4.90 Å². The molecule has 140 valence electrons. The minimum absolute atomic E-state index is 0.137. The molecule has 0 radical (unpaired) electrons. The Balaban J connectivity index is 2.13. The van der Waals surface area contributed by atoms with Crippen LogP contribution in [-0.4, -0.2) is 17.6 Å². The van der Waals surface area contributed by atoms with Crippen LogP contribution in [0.5, 0.6) is 0 Å². The number of fused-ring (bicyclic) bond motifs is 1. The van der Waals surface area contributed by atoms with Crippen molar-refractivity contribution < 1.29 is 18.7 Å². The number of anilines is 1. The lowest BCUT2D eigenvalue weighted by Crippen LogP contribution is -2.38. The molecule has 7 heteroatoms. The summed E-state index contributed by atoms with van der Waals surface area (Å²) in [5, 5.41) is 0.680. The number of nitrogens with zero attached hydrogens (tertiary/aromatic N) is 1. The first kappa shape index (κ1) is 19.4. The van der Waals surface area contributed by atoms with Gasteiger partial charge >= 0.3 is 6.09 Å². The zero-order valence-corrected chi connectivity index (χ0v) is 16.4. The van der Waals surface area contributed by atoms with Crippen molar-refractivity contribution in [3.8, 4) is 0 Å². The Hall–Kier alpha value is -2.37. The van der Waals surface area contributed by atoms with E-state index in [1.54, 1.807) is 32.9 Å². The van der Waals surface area contributed by atoms with Crippen molar-refractivity contribution in [2.45, 2.75) is 26.4 Å². The number of benzene rings is 2. The van der Waals surface area contributed by atoms with E-state index in [4.69, 9.17) is 27.9 Å². The Morgan fingerprint density at radius 1 is 1.11 bits per heavy atom. The summed E-state index contributed by atoms with van der Waals surface area (Å²) in [5.74, 6) is -1.16. The molecular weight excluding hydrogens is 392 g/mol. The molecule has 0 N–H and O–H groups in total. The van der Waals surface area contributed by atoms with E-state index in [1.165, 1.54) is 30.3 Å². The highest BCUT2D eigenvalue weighted by Gasteiger charge is 2.39. The summed E-state index contributed by atoms with van der Waals surface area (Å²) < 4.78 is 19.5. The summed E-state index contributed by atoms with van der Waals surface area (Å²) in [6.07, 6.45) is 0.534. The van der Waals surface area contributed by atoms with Gasteiger partial charge in [0.15, 0.2) is 0 Å². The molecule has 1 aliphatic heterocycles. The Kier molecular flexibility index (Phi) is 5.02. The molecule has 2 amide bonds. The van der Waals surface area contributed by atoms with E-state index in [1.807, 2.05) is 0 Å². The molecule has 1 aliphatic rings. The highest BCUT2D eigenvalue weighted by Crippen LogP contribution is 2.40. The summed E-state index contributed by atoms with van der Waals surface area (Å²) in [7, 11) is 0. The van der Waals surface area contributed by atoms with Gasteiger partial charge in [0.05, 0.1) is 11.3 Å². The third-order valence-corrected chi connectivity index (χ3v) is 4.23. The quantitative estimate of drug-likeness (QED) is 0.548. The number of imide groups is 1. The van der Waals surface area contributed by atoms with E-state index >= 15 is 0 Å². The first-order valence-electron chi connectivity index (χ1n) is 8.11. The molecule has 1 heterocycles. The summed E-state index contributed by atoms with van der Waals surface area (Å²) in [4.78, 5) is 26.4. The fraction of sp³-hybridized carbons (Fsp3) is 0.200. The minimum atomic E-state index is -0.828. The Bertz CT molecular complexity index is 980. The van der Waals surface area contributed by atoms with E-state index in [-0.39, 0.29) is 16.8 Å².